The number of carbonyl (C=O) groups is 3. The summed E-state index contributed by atoms with van der Waals surface area (Å²) in [4.78, 5) is 52.3. The van der Waals surface area contributed by atoms with Gasteiger partial charge in [-0.15, -0.1) is 0 Å². The van der Waals surface area contributed by atoms with Crippen LogP contribution in [-0.4, -0.2) is 73.9 Å². The third kappa shape index (κ3) is 9.65. The van der Waals surface area contributed by atoms with Crippen molar-refractivity contribution in [2.45, 2.75) is 45.1 Å². The smallest absolute Gasteiger partial charge is 0.266 e. The zero-order valence-corrected chi connectivity index (χ0v) is 26.9. The molecule has 2 aromatic carbocycles. The van der Waals surface area contributed by atoms with Gasteiger partial charge >= 0.3 is 0 Å². The number of aromatic nitrogens is 2. The fraction of sp³-hybridized carbons (Fsp3) is 0.457. The van der Waals surface area contributed by atoms with Crippen LogP contribution in [0.1, 0.15) is 37.7 Å². The summed E-state index contributed by atoms with van der Waals surface area (Å²) in [6.07, 6.45) is 3.89. The molecule has 4 N–H and O–H groups in total. The van der Waals surface area contributed by atoms with Crippen LogP contribution in [0.3, 0.4) is 0 Å². The minimum absolute atomic E-state index is 0.124. The van der Waals surface area contributed by atoms with Crippen molar-refractivity contribution < 1.29 is 23.9 Å². The average molecular weight is 645 g/mol. The maximum Gasteiger partial charge on any atom is 0.266 e. The van der Waals surface area contributed by atoms with Crippen molar-refractivity contribution in [1.82, 2.24) is 31.0 Å². The normalized spacial score (nSPS) is 19.7. The molecule has 1 aliphatic heterocycles. The molecule has 12 heteroatoms. The van der Waals surface area contributed by atoms with E-state index in [1.807, 2.05) is 36.4 Å². The van der Waals surface area contributed by atoms with Crippen molar-refractivity contribution in [2.75, 3.05) is 46.4 Å². The lowest BCUT2D eigenvalue weighted by molar-refractivity contribution is -0.132. The molecule has 2 aliphatic rings. The molecule has 0 spiro atoms. The number of ether oxygens (including phenoxy) is 2. The van der Waals surface area contributed by atoms with Gasteiger partial charge < -0.3 is 30.7 Å². The quantitative estimate of drug-likeness (QED) is 0.291. The first-order valence-electron chi connectivity index (χ1n) is 16.3. The number of hydrogen-bond acceptors (Lipinski definition) is 8. The number of amides is 3. The number of hydrogen-bond donors (Lipinski definition) is 4. The molecule has 5 rings (SSSR count). The summed E-state index contributed by atoms with van der Waals surface area (Å²) in [5, 5.41) is 16.7. The number of rotatable bonds is 8. The first-order valence-corrected chi connectivity index (χ1v) is 16.3. The summed E-state index contributed by atoms with van der Waals surface area (Å²) < 4.78 is 12.7. The minimum atomic E-state index is -0.964. The summed E-state index contributed by atoms with van der Waals surface area (Å²) in [5.74, 6) is 0.646. The summed E-state index contributed by atoms with van der Waals surface area (Å²) >= 11 is 0. The molecule has 3 amide bonds. The number of nitrogens with zero attached hydrogens (tertiary/aromatic N) is 2. The molecule has 47 heavy (non-hydrogen) atoms. The fourth-order valence-corrected chi connectivity index (χ4v) is 5.84. The Morgan fingerprint density at radius 2 is 1.85 bits per heavy atom. The Hall–Kier alpha value is -4.71. The van der Waals surface area contributed by atoms with Gasteiger partial charge in [-0.3, -0.25) is 19.2 Å². The standard InChI is InChI=1S/C35H44N6O6/c1-46-29-13-11-26-20-30(29)47-23-32(43)37-17-16-36-15-5-8-31(42)39-24-35(22-26,21-25-9-10-25)34(45)38-18-19-41-33(44)14-12-28(40-41)27-6-3-2-4-7-27/h2-4,6-7,11-14,20,25,36H,5,8-10,15-19,21-24H2,1H3,(H,37,43)(H,38,45)(H,39,42). The van der Waals surface area contributed by atoms with E-state index < -0.39 is 5.41 Å². The van der Waals surface area contributed by atoms with Gasteiger partial charge in [0, 0.05) is 44.2 Å². The number of nitrogens with one attached hydrogen (secondary N) is 4. The zero-order valence-electron chi connectivity index (χ0n) is 26.9. The molecule has 0 radical (unpaired) electrons. The van der Waals surface area contributed by atoms with Crippen LogP contribution in [0.15, 0.2) is 65.5 Å². The number of fused-ring (bicyclic) bond motifs is 2. The lowest BCUT2D eigenvalue weighted by Gasteiger charge is -2.33. The van der Waals surface area contributed by atoms with Gasteiger partial charge in [0.05, 0.1) is 24.8 Å². The molecular weight excluding hydrogens is 600 g/mol. The highest BCUT2D eigenvalue weighted by atomic mass is 16.5. The molecular formula is C35H44N6O6. The van der Waals surface area contributed by atoms with Crippen molar-refractivity contribution in [3.63, 3.8) is 0 Å². The Kier molecular flexibility index (Phi) is 11.6. The van der Waals surface area contributed by atoms with E-state index in [1.54, 1.807) is 18.2 Å². The lowest BCUT2D eigenvalue weighted by Crippen LogP contribution is -2.51. The summed E-state index contributed by atoms with van der Waals surface area (Å²) in [6.45, 7) is 1.97. The van der Waals surface area contributed by atoms with Gasteiger partial charge in [0.25, 0.3) is 11.5 Å². The van der Waals surface area contributed by atoms with E-state index in [-0.39, 0.29) is 49.5 Å². The van der Waals surface area contributed by atoms with E-state index >= 15 is 0 Å². The highest BCUT2D eigenvalue weighted by Crippen LogP contribution is 2.43. The van der Waals surface area contributed by atoms with Crippen molar-refractivity contribution in [1.29, 1.82) is 0 Å². The Balaban J connectivity index is 1.38. The van der Waals surface area contributed by atoms with Crippen molar-refractivity contribution >= 4 is 17.7 Å². The van der Waals surface area contributed by atoms with E-state index in [0.29, 0.717) is 68.4 Å². The van der Waals surface area contributed by atoms with Crippen LogP contribution in [0.25, 0.3) is 11.3 Å². The highest BCUT2D eigenvalue weighted by molar-refractivity contribution is 5.85. The minimum Gasteiger partial charge on any atom is -0.493 e. The van der Waals surface area contributed by atoms with Gasteiger partial charge in [-0.2, -0.15) is 5.10 Å². The van der Waals surface area contributed by atoms with Crippen LogP contribution in [0.2, 0.25) is 0 Å². The zero-order chi connectivity index (χ0) is 33.1. The summed E-state index contributed by atoms with van der Waals surface area (Å²) in [7, 11) is 1.53. The van der Waals surface area contributed by atoms with E-state index in [4.69, 9.17) is 9.47 Å². The SMILES string of the molecule is COc1ccc2cc1OCC(=O)NCCNCCCC(=O)NCC(CC1CC1)(C(=O)NCCn1nc(-c3ccccc3)ccc1=O)C2. The fourth-order valence-electron chi connectivity index (χ4n) is 5.84. The van der Waals surface area contributed by atoms with Crippen molar-refractivity contribution in [2.24, 2.45) is 11.3 Å². The Morgan fingerprint density at radius 1 is 1.02 bits per heavy atom. The molecule has 250 valence electrons. The largest absolute Gasteiger partial charge is 0.493 e. The molecule has 1 aromatic heterocycles. The first kappa shape index (κ1) is 33.6. The molecule has 1 fully saturated rings. The monoisotopic (exact) mass is 644 g/mol. The molecule has 2 heterocycles. The molecule has 1 aliphatic carbocycles. The molecule has 0 saturated heterocycles. The molecule has 2 bridgehead atoms. The molecule has 1 atom stereocenters. The predicted molar refractivity (Wildman–Crippen MR) is 177 cm³/mol. The van der Waals surface area contributed by atoms with Gasteiger partial charge in [0.2, 0.25) is 11.8 Å². The van der Waals surface area contributed by atoms with Crippen LogP contribution in [0, 0.1) is 11.3 Å². The number of benzene rings is 2. The third-order valence-electron chi connectivity index (χ3n) is 8.54. The molecule has 3 aromatic rings. The summed E-state index contributed by atoms with van der Waals surface area (Å²) in [5.41, 5.74) is 1.14. The van der Waals surface area contributed by atoms with Gasteiger partial charge in [0.1, 0.15) is 0 Å². The van der Waals surface area contributed by atoms with Gasteiger partial charge in [-0.25, -0.2) is 4.68 Å². The molecule has 1 unspecified atom stereocenters. The lowest BCUT2D eigenvalue weighted by atomic mass is 9.75. The van der Waals surface area contributed by atoms with E-state index in [0.717, 1.165) is 24.0 Å². The van der Waals surface area contributed by atoms with Crippen LogP contribution < -0.4 is 36.3 Å². The topological polar surface area (TPSA) is 153 Å². The second-order valence-electron chi connectivity index (χ2n) is 12.3. The maximum absolute atomic E-state index is 14.2. The highest BCUT2D eigenvalue weighted by Gasteiger charge is 2.43. The van der Waals surface area contributed by atoms with E-state index in [9.17, 15) is 19.2 Å². The van der Waals surface area contributed by atoms with Crippen LogP contribution >= 0.6 is 0 Å². The van der Waals surface area contributed by atoms with E-state index in [1.165, 1.54) is 17.9 Å². The van der Waals surface area contributed by atoms with Crippen molar-refractivity contribution in [3.8, 4) is 22.8 Å². The Morgan fingerprint density at radius 3 is 2.64 bits per heavy atom. The van der Waals surface area contributed by atoms with Gasteiger partial charge in [-0.05, 0) is 55.5 Å². The average Bonchev–Trinajstić information content (AvgIpc) is 3.90. The number of methoxy groups -OCH3 is 1. The predicted octanol–water partition coefficient (Wildman–Crippen LogP) is 2.06. The molecule has 1 saturated carbocycles. The maximum atomic E-state index is 14.2. The van der Waals surface area contributed by atoms with Gasteiger partial charge in [0.15, 0.2) is 18.1 Å². The van der Waals surface area contributed by atoms with E-state index in [2.05, 4.69) is 26.4 Å². The second-order valence-corrected chi connectivity index (χ2v) is 12.3. The third-order valence-corrected chi connectivity index (χ3v) is 8.54. The Bertz CT molecular complexity index is 1590. The summed E-state index contributed by atoms with van der Waals surface area (Å²) in [6, 6.07) is 18.2. The van der Waals surface area contributed by atoms with Gasteiger partial charge in [-0.1, -0.05) is 49.2 Å². The van der Waals surface area contributed by atoms with Crippen LogP contribution in [0.5, 0.6) is 11.5 Å². The second kappa shape index (κ2) is 16.2. The van der Waals surface area contributed by atoms with Crippen LogP contribution in [-0.2, 0) is 27.3 Å². The number of carbonyl (C=O) groups excluding carboxylic acids is 3. The first-order chi connectivity index (χ1) is 22.8. The van der Waals surface area contributed by atoms with Crippen molar-refractivity contribution in [3.05, 3.63) is 76.6 Å². The van der Waals surface area contributed by atoms with Crippen LogP contribution in [0.4, 0.5) is 0 Å². The Labute approximate surface area is 274 Å². The molecule has 12 nitrogen and oxygen atoms in total.